The van der Waals surface area contributed by atoms with Crippen LogP contribution in [0.5, 0.6) is 17.2 Å². The normalized spacial score (nSPS) is 14.3. The molecule has 1 N–H and O–H groups in total. The van der Waals surface area contributed by atoms with E-state index in [-0.39, 0.29) is 17.9 Å². The largest absolute Gasteiger partial charge is 0.494 e. The molecular weight excluding hydrogens is 696 g/mol. The van der Waals surface area contributed by atoms with E-state index in [9.17, 15) is 9.59 Å². The Bertz CT molecular complexity index is 2210. The van der Waals surface area contributed by atoms with Gasteiger partial charge in [-0.15, -0.1) is 0 Å². The minimum Gasteiger partial charge on any atom is -0.494 e. The van der Waals surface area contributed by atoms with E-state index in [0.717, 1.165) is 67.5 Å². The van der Waals surface area contributed by atoms with E-state index in [1.54, 1.807) is 12.1 Å². The van der Waals surface area contributed by atoms with E-state index in [4.69, 9.17) is 26.2 Å². The van der Waals surface area contributed by atoms with Gasteiger partial charge >= 0.3 is 0 Å². The smallest absolute Gasteiger partial charge is 0.251 e. The number of hydrogen-bond acceptors (Lipinski definition) is 5. The van der Waals surface area contributed by atoms with Gasteiger partial charge in [0.15, 0.2) is 0 Å². The Morgan fingerprint density at radius 3 is 2.24 bits per heavy atom. The Hall–Kier alpha value is -5.34. The molecule has 1 saturated heterocycles. The molecule has 5 aromatic rings. The molecule has 0 radical (unpaired) electrons. The van der Waals surface area contributed by atoms with Gasteiger partial charge in [0, 0.05) is 60.0 Å². The standard InChI is InChI=1S/C45H47ClN4O4/c1-28-24-36(25-29(2)43(28)46)53-23-11-18-38-37-16-10-17-39(42-30(3)48-49(5)31(42)4)40(37)27-41(38)45(52)50-21-19-33(20-22-50)47-44(51)32-12-9-15-35(26-32)54-34-13-7-6-8-14-34/h6-10,12-17,24-26,33H,11,18-23,27H2,1-5H3,(H,47,51). The molecule has 0 spiro atoms. The maximum absolute atomic E-state index is 14.5. The van der Waals surface area contributed by atoms with Gasteiger partial charge in [0.05, 0.1) is 12.3 Å². The van der Waals surface area contributed by atoms with Crippen LogP contribution in [0.25, 0.3) is 16.7 Å². The van der Waals surface area contributed by atoms with Crippen LogP contribution in [0.1, 0.15) is 69.7 Å². The number of aryl methyl sites for hydroxylation is 4. The van der Waals surface area contributed by atoms with Crippen molar-refractivity contribution in [2.24, 2.45) is 7.05 Å². The minimum absolute atomic E-state index is 0.0325. The highest BCUT2D eigenvalue weighted by Crippen LogP contribution is 2.43. The van der Waals surface area contributed by atoms with Gasteiger partial charge in [-0.3, -0.25) is 14.3 Å². The third-order valence-electron chi connectivity index (χ3n) is 10.7. The molecule has 54 heavy (non-hydrogen) atoms. The van der Waals surface area contributed by atoms with Crippen molar-refractivity contribution < 1.29 is 19.1 Å². The number of carbonyl (C=O) groups excluding carboxylic acids is 2. The fourth-order valence-electron chi connectivity index (χ4n) is 7.83. The van der Waals surface area contributed by atoms with Gasteiger partial charge in [0.25, 0.3) is 5.91 Å². The first-order valence-electron chi connectivity index (χ1n) is 18.7. The third-order valence-corrected chi connectivity index (χ3v) is 11.3. The fraction of sp³-hybridized carbons (Fsp3) is 0.311. The zero-order chi connectivity index (χ0) is 37.9. The number of fused-ring (bicyclic) bond motifs is 1. The van der Waals surface area contributed by atoms with Gasteiger partial charge < -0.3 is 19.7 Å². The van der Waals surface area contributed by atoms with E-state index in [2.05, 4.69) is 30.4 Å². The number of benzene rings is 4. The van der Waals surface area contributed by atoms with Crippen molar-refractivity contribution in [1.29, 1.82) is 0 Å². The summed E-state index contributed by atoms with van der Waals surface area (Å²) in [5, 5.41) is 8.66. The first-order valence-corrected chi connectivity index (χ1v) is 19.1. The summed E-state index contributed by atoms with van der Waals surface area (Å²) < 4.78 is 14.1. The number of likely N-dealkylation sites (tertiary alicyclic amines) is 1. The lowest BCUT2D eigenvalue weighted by Gasteiger charge is -2.33. The maximum Gasteiger partial charge on any atom is 0.251 e. The molecule has 7 rings (SSSR count). The van der Waals surface area contributed by atoms with Gasteiger partial charge in [0.2, 0.25) is 5.91 Å². The number of hydrogen-bond donors (Lipinski definition) is 1. The molecule has 4 aromatic carbocycles. The number of nitrogens with one attached hydrogen (secondary N) is 1. The van der Waals surface area contributed by atoms with Crippen molar-refractivity contribution in [2.45, 2.75) is 65.8 Å². The van der Waals surface area contributed by atoms with Crippen LogP contribution in [0.15, 0.2) is 90.5 Å². The second-order valence-electron chi connectivity index (χ2n) is 14.4. The Balaban J connectivity index is 1.05. The SMILES string of the molecule is Cc1cc(OCCCC2=C(C(=O)N3CCC(NC(=O)c4cccc(Oc5ccccc5)c4)CC3)Cc3c2cccc3-c2c(C)nn(C)c2C)cc(C)c1Cl. The fourth-order valence-corrected chi connectivity index (χ4v) is 7.94. The number of piperidine rings is 1. The number of aromatic nitrogens is 2. The maximum atomic E-state index is 14.5. The summed E-state index contributed by atoms with van der Waals surface area (Å²) in [5.41, 5.74) is 11.1. The Morgan fingerprint density at radius 1 is 0.852 bits per heavy atom. The predicted molar refractivity (Wildman–Crippen MR) is 214 cm³/mol. The van der Waals surface area contributed by atoms with Crippen molar-refractivity contribution in [2.75, 3.05) is 19.7 Å². The van der Waals surface area contributed by atoms with Crippen LogP contribution >= 0.6 is 11.6 Å². The second-order valence-corrected chi connectivity index (χ2v) is 14.8. The number of amides is 2. The molecule has 0 atom stereocenters. The molecule has 9 heteroatoms. The molecule has 278 valence electrons. The number of rotatable bonds is 11. The van der Waals surface area contributed by atoms with E-state index < -0.39 is 0 Å². The molecule has 2 heterocycles. The number of halogens is 1. The van der Waals surface area contributed by atoms with Gasteiger partial charge in [-0.25, -0.2) is 0 Å². The van der Waals surface area contributed by atoms with Crippen LogP contribution in [0.2, 0.25) is 5.02 Å². The van der Waals surface area contributed by atoms with E-state index in [0.29, 0.717) is 62.4 Å². The highest BCUT2D eigenvalue weighted by molar-refractivity contribution is 6.32. The Kier molecular flexibility index (Phi) is 10.9. The first-order chi connectivity index (χ1) is 26.1. The molecule has 1 aliphatic heterocycles. The van der Waals surface area contributed by atoms with Crippen LogP contribution in [-0.2, 0) is 18.3 Å². The summed E-state index contributed by atoms with van der Waals surface area (Å²) in [7, 11) is 1.97. The van der Waals surface area contributed by atoms with E-state index in [1.165, 1.54) is 5.56 Å². The second kappa shape index (κ2) is 15.9. The average Bonchev–Trinajstić information content (AvgIpc) is 3.67. The first kappa shape index (κ1) is 37.0. The van der Waals surface area contributed by atoms with Gasteiger partial charge in [-0.2, -0.15) is 5.10 Å². The Morgan fingerprint density at radius 2 is 1.54 bits per heavy atom. The predicted octanol–water partition coefficient (Wildman–Crippen LogP) is 9.36. The average molecular weight is 743 g/mol. The zero-order valence-corrected chi connectivity index (χ0v) is 32.4. The topological polar surface area (TPSA) is 85.7 Å². The lowest BCUT2D eigenvalue weighted by atomic mass is 9.93. The molecule has 1 fully saturated rings. The number of carbonyl (C=O) groups is 2. The van der Waals surface area contributed by atoms with Crippen molar-refractivity contribution in [3.63, 3.8) is 0 Å². The summed E-state index contributed by atoms with van der Waals surface area (Å²) in [6.07, 6.45) is 3.41. The summed E-state index contributed by atoms with van der Waals surface area (Å²) >= 11 is 6.39. The molecule has 1 aromatic heterocycles. The summed E-state index contributed by atoms with van der Waals surface area (Å²) in [4.78, 5) is 29.7. The highest BCUT2D eigenvalue weighted by Gasteiger charge is 2.33. The number of ether oxygens (including phenoxy) is 2. The van der Waals surface area contributed by atoms with Crippen LogP contribution in [0.3, 0.4) is 0 Å². The van der Waals surface area contributed by atoms with Crippen LogP contribution in [-0.4, -0.2) is 52.2 Å². The van der Waals surface area contributed by atoms with Crippen LogP contribution in [0.4, 0.5) is 0 Å². The quantitative estimate of drug-likeness (QED) is 0.136. The lowest BCUT2D eigenvalue weighted by Crippen LogP contribution is -2.47. The molecular formula is C45H47ClN4O4. The van der Waals surface area contributed by atoms with Crippen LogP contribution in [0, 0.1) is 27.7 Å². The van der Waals surface area contributed by atoms with E-state index in [1.807, 2.05) is 92.0 Å². The highest BCUT2D eigenvalue weighted by atomic mass is 35.5. The molecule has 2 aliphatic rings. The van der Waals surface area contributed by atoms with Crippen molar-refractivity contribution >= 4 is 29.0 Å². The van der Waals surface area contributed by atoms with Gasteiger partial charge in [0.1, 0.15) is 17.2 Å². The monoisotopic (exact) mass is 742 g/mol. The van der Waals surface area contributed by atoms with Gasteiger partial charge in [-0.05, 0) is 129 Å². The number of allylic oxidation sites excluding steroid dienone is 1. The molecule has 0 saturated carbocycles. The molecule has 8 nitrogen and oxygen atoms in total. The summed E-state index contributed by atoms with van der Waals surface area (Å²) in [6.45, 7) is 9.78. The summed E-state index contributed by atoms with van der Waals surface area (Å²) in [6, 6.07) is 27.1. The van der Waals surface area contributed by atoms with Crippen molar-refractivity contribution in [3.05, 3.63) is 135 Å². The minimum atomic E-state index is -0.144. The van der Waals surface area contributed by atoms with E-state index >= 15 is 0 Å². The van der Waals surface area contributed by atoms with Crippen molar-refractivity contribution in [3.8, 4) is 28.4 Å². The molecule has 0 unspecified atom stereocenters. The molecule has 2 amide bonds. The number of nitrogens with zero attached hydrogens (tertiary/aromatic N) is 3. The Labute approximate surface area is 322 Å². The zero-order valence-electron chi connectivity index (χ0n) is 31.7. The lowest BCUT2D eigenvalue weighted by molar-refractivity contribution is -0.128. The van der Waals surface area contributed by atoms with Gasteiger partial charge in [-0.1, -0.05) is 54.1 Å². The third kappa shape index (κ3) is 7.80. The molecule has 0 bridgehead atoms. The number of para-hydroxylation sites is 1. The van der Waals surface area contributed by atoms with Crippen molar-refractivity contribution in [1.82, 2.24) is 20.0 Å². The molecule has 1 aliphatic carbocycles. The van der Waals surface area contributed by atoms with Crippen LogP contribution < -0.4 is 14.8 Å². The summed E-state index contributed by atoms with van der Waals surface area (Å²) in [5.74, 6) is 2.06.